The number of carbonyl (C=O) groups excluding carboxylic acids is 3. The molecule has 1 aliphatic rings. The van der Waals surface area contributed by atoms with Crippen LogP contribution in [0.4, 0.5) is 0 Å². The van der Waals surface area contributed by atoms with Gasteiger partial charge in [0, 0.05) is 13.1 Å². The van der Waals surface area contributed by atoms with Crippen LogP contribution in [0, 0.1) is 5.92 Å². The van der Waals surface area contributed by atoms with Gasteiger partial charge in [-0.1, -0.05) is 0 Å². The first-order valence-corrected chi connectivity index (χ1v) is 6.26. The van der Waals surface area contributed by atoms with Gasteiger partial charge in [-0.3, -0.25) is 9.59 Å². The SMILES string of the molecule is CCOC(=O)C1CCN(C(=O)COCC(=O)[O-])CC1. The largest absolute Gasteiger partial charge is 0.548 e. The summed E-state index contributed by atoms with van der Waals surface area (Å²) >= 11 is 0. The number of hydrogen-bond donors (Lipinski definition) is 0. The molecule has 19 heavy (non-hydrogen) atoms. The Labute approximate surface area is 111 Å². The van der Waals surface area contributed by atoms with E-state index in [1.165, 1.54) is 0 Å². The lowest BCUT2D eigenvalue weighted by atomic mass is 9.97. The molecule has 0 spiro atoms. The molecule has 0 radical (unpaired) electrons. The third kappa shape index (κ3) is 5.25. The standard InChI is InChI=1S/C12H19NO6/c1-2-19-12(17)9-3-5-13(6-4-9)10(14)7-18-8-11(15)16/h9H,2-8H2,1H3,(H,15,16)/p-1. The first-order chi connectivity index (χ1) is 9.04. The molecule has 0 unspecified atom stereocenters. The minimum absolute atomic E-state index is 0.159. The van der Waals surface area contributed by atoms with E-state index in [1.807, 2.05) is 0 Å². The van der Waals surface area contributed by atoms with Crippen LogP contribution in [0.15, 0.2) is 0 Å². The number of esters is 1. The van der Waals surface area contributed by atoms with Crippen molar-refractivity contribution in [2.75, 3.05) is 32.9 Å². The van der Waals surface area contributed by atoms with Crippen molar-refractivity contribution in [1.29, 1.82) is 0 Å². The van der Waals surface area contributed by atoms with Crippen molar-refractivity contribution < 1.29 is 29.0 Å². The molecule has 7 nitrogen and oxygen atoms in total. The summed E-state index contributed by atoms with van der Waals surface area (Å²) < 4.78 is 9.61. The van der Waals surface area contributed by atoms with Crippen molar-refractivity contribution in [2.24, 2.45) is 5.92 Å². The highest BCUT2D eigenvalue weighted by Gasteiger charge is 2.27. The zero-order chi connectivity index (χ0) is 14.3. The van der Waals surface area contributed by atoms with E-state index in [2.05, 4.69) is 4.74 Å². The molecule has 7 heteroatoms. The lowest BCUT2D eigenvalue weighted by Gasteiger charge is -2.30. The van der Waals surface area contributed by atoms with Gasteiger partial charge in [0.15, 0.2) is 0 Å². The number of ether oxygens (including phenoxy) is 2. The number of piperidine rings is 1. The average Bonchev–Trinajstić information content (AvgIpc) is 2.38. The highest BCUT2D eigenvalue weighted by Crippen LogP contribution is 2.18. The second kappa shape index (κ2) is 7.73. The van der Waals surface area contributed by atoms with Crippen molar-refractivity contribution in [2.45, 2.75) is 19.8 Å². The Balaban J connectivity index is 2.27. The first-order valence-electron chi connectivity index (χ1n) is 6.26. The van der Waals surface area contributed by atoms with Crippen LogP contribution in [-0.4, -0.2) is 55.7 Å². The Hall–Kier alpha value is -1.63. The van der Waals surface area contributed by atoms with E-state index in [0.29, 0.717) is 32.5 Å². The smallest absolute Gasteiger partial charge is 0.309 e. The fourth-order valence-electron chi connectivity index (χ4n) is 1.94. The molecule has 0 N–H and O–H groups in total. The summed E-state index contributed by atoms with van der Waals surface area (Å²) in [5.41, 5.74) is 0. The molecule has 0 saturated carbocycles. The number of rotatable bonds is 6. The molecule has 1 amide bonds. The lowest BCUT2D eigenvalue weighted by molar-refractivity contribution is -0.309. The maximum absolute atomic E-state index is 11.7. The highest BCUT2D eigenvalue weighted by atomic mass is 16.5. The van der Waals surface area contributed by atoms with Gasteiger partial charge in [-0.15, -0.1) is 0 Å². The van der Waals surface area contributed by atoms with E-state index < -0.39 is 12.6 Å². The second-order valence-electron chi connectivity index (χ2n) is 4.27. The van der Waals surface area contributed by atoms with Gasteiger partial charge in [0.2, 0.25) is 5.91 Å². The van der Waals surface area contributed by atoms with Crippen molar-refractivity contribution in [3.05, 3.63) is 0 Å². The van der Waals surface area contributed by atoms with Crippen LogP contribution in [0.25, 0.3) is 0 Å². The number of nitrogens with zero attached hydrogens (tertiary/aromatic N) is 1. The fourth-order valence-corrected chi connectivity index (χ4v) is 1.94. The van der Waals surface area contributed by atoms with E-state index in [0.717, 1.165) is 0 Å². The topological polar surface area (TPSA) is 96.0 Å². The van der Waals surface area contributed by atoms with Gasteiger partial charge in [-0.2, -0.15) is 0 Å². The summed E-state index contributed by atoms with van der Waals surface area (Å²) in [5, 5.41) is 10.1. The first kappa shape index (κ1) is 15.4. The van der Waals surface area contributed by atoms with Gasteiger partial charge in [0.25, 0.3) is 0 Å². The molecule has 0 aliphatic carbocycles. The van der Waals surface area contributed by atoms with Crippen molar-refractivity contribution in [3.8, 4) is 0 Å². The fraction of sp³-hybridized carbons (Fsp3) is 0.750. The zero-order valence-electron chi connectivity index (χ0n) is 10.9. The van der Waals surface area contributed by atoms with Gasteiger partial charge in [0.05, 0.1) is 25.1 Å². The predicted molar refractivity (Wildman–Crippen MR) is 61.8 cm³/mol. The van der Waals surface area contributed by atoms with E-state index in [-0.39, 0.29) is 24.4 Å². The van der Waals surface area contributed by atoms with Crippen LogP contribution in [0.1, 0.15) is 19.8 Å². The Morgan fingerprint density at radius 2 is 1.84 bits per heavy atom. The Morgan fingerprint density at radius 1 is 1.21 bits per heavy atom. The number of amides is 1. The Kier molecular flexibility index (Phi) is 6.27. The summed E-state index contributed by atoms with van der Waals surface area (Å²) in [5.74, 6) is -2.01. The van der Waals surface area contributed by atoms with Crippen LogP contribution in [-0.2, 0) is 23.9 Å². The molecule has 1 heterocycles. The van der Waals surface area contributed by atoms with Gasteiger partial charge >= 0.3 is 5.97 Å². The number of carbonyl (C=O) groups is 3. The maximum atomic E-state index is 11.7. The van der Waals surface area contributed by atoms with Crippen LogP contribution in [0.2, 0.25) is 0 Å². The summed E-state index contributed by atoms with van der Waals surface area (Å²) in [6.45, 7) is 2.15. The van der Waals surface area contributed by atoms with Crippen LogP contribution < -0.4 is 5.11 Å². The monoisotopic (exact) mass is 272 g/mol. The number of carboxylic acids is 1. The number of likely N-dealkylation sites (tertiary alicyclic amines) is 1. The van der Waals surface area contributed by atoms with E-state index in [9.17, 15) is 19.5 Å². The molecule has 0 aromatic rings. The van der Waals surface area contributed by atoms with Gasteiger partial charge in [-0.25, -0.2) is 0 Å². The highest BCUT2D eigenvalue weighted by molar-refractivity contribution is 5.78. The van der Waals surface area contributed by atoms with Crippen LogP contribution in [0.3, 0.4) is 0 Å². The maximum Gasteiger partial charge on any atom is 0.309 e. The van der Waals surface area contributed by atoms with Gasteiger partial charge in [0.1, 0.15) is 6.61 Å². The number of carboxylic acid groups (broad SMARTS) is 1. The zero-order valence-corrected chi connectivity index (χ0v) is 10.9. The molecule has 0 aromatic heterocycles. The van der Waals surface area contributed by atoms with E-state index in [4.69, 9.17) is 4.74 Å². The molecule has 0 atom stereocenters. The number of hydrogen-bond acceptors (Lipinski definition) is 6. The molecule has 1 rings (SSSR count). The van der Waals surface area contributed by atoms with Crippen molar-refractivity contribution in [1.82, 2.24) is 4.90 Å². The van der Waals surface area contributed by atoms with E-state index >= 15 is 0 Å². The second-order valence-corrected chi connectivity index (χ2v) is 4.27. The molecule has 1 aliphatic heterocycles. The summed E-state index contributed by atoms with van der Waals surface area (Å²) in [4.78, 5) is 34.8. The van der Waals surface area contributed by atoms with Gasteiger partial charge < -0.3 is 24.3 Å². The molecule has 108 valence electrons. The molecule has 0 bridgehead atoms. The molecular formula is C12H18NO6-. The summed E-state index contributed by atoms with van der Waals surface area (Å²) in [7, 11) is 0. The van der Waals surface area contributed by atoms with Crippen LogP contribution >= 0.6 is 0 Å². The van der Waals surface area contributed by atoms with Crippen LogP contribution in [0.5, 0.6) is 0 Å². The normalized spacial score (nSPS) is 16.2. The molecule has 0 aromatic carbocycles. The molecule has 1 saturated heterocycles. The minimum Gasteiger partial charge on any atom is -0.548 e. The molecular weight excluding hydrogens is 254 g/mol. The third-order valence-electron chi connectivity index (χ3n) is 2.91. The van der Waals surface area contributed by atoms with Gasteiger partial charge in [-0.05, 0) is 19.8 Å². The van der Waals surface area contributed by atoms with Crippen molar-refractivity contribution >= 4 is 17.8 Å². The quantitative estimate of drug-likeness (QED) is 0.549. The van der Waals surface area contributed by atoms with Crippen molar-refractivity contribution in [3.63, 3.8) is 0 Å². The predicted octanol–water partition coefficient (Wildman–Crippen LogP) is -1.45. The third-order valence-corrected chi connectivity index (χ3v) is 2.91. The lowest BCUT2D eigenvalue weighted by Crippen LogP contribution is -2.42. The Morgan fingerprint density at radius 3 is 2.37 bits per heavy atom. The number of aliphatic carboxylic acids is 1. The average molecular weight is 272 g/mol. The molecule has 1 fully saturated rings. The Bertz CT molecular complexity index is 335. The summed E-state index contributed by atoms with van der Waals surface area (Å²) in [6.07, 6.45) is 1.12. The van der Waals surface area contributed by atoms with E-state index in [1.54, 1.807) is 11.8 Å². The summed E-state index contributed by atoms with van der Waals surface area (Å²) in [6, 6.07) is 0. The minimum atomic E-state index is -1.35.